The molecule has 0 spiro atoms. The molecule has 242 valence electrons. The topological polar surface area (TPSA) is 114 Å². The van der Waals surface area contributed by atoms with Crippen LogP contribution in [0.4, 0.5) is 4.39 Å². The molecule has 3 N–H and O–H groups in total. The van der Waals surface area contributed by atoms with Gasteiger partial charge >= 0.3 is 5.97 Å². The van der Waals surface area contributed by atoms with Crippen LogP contribution in [0.2, 0.25) is 0 Å². The molecule has 9 heteroatoms. The number of carbonyl (C=O) groups excluding carboxylic acids is 2. The Balaban J connectivity index is 1.12. The minimum atomic E-state index is -0.829. The molecule has 44 heavy (non-hydrogen) atoms. The van der Waals surface area contributed by atoms with Crippen LogP contribution in [0.1, 0.15) is 107 Å². The zero-order chi connectivity index (χ0) is 31.0. The third kappa shape index (κ3) is 6.43. The van der Waals surface area contributed by atoms with Crippen molar-refractivity contribution in [1.82, 2.24) is 10.6 Å². The van der Waals surface area contributed by atoms with Crippen molar-refractivity contribution in [2.75, 3.05) is 13.7 Å². The van der Waals surface area contributed by atoms with E-state index in [1.807, 2.05) is 0 Å². The number of methoxy groups -OCH3 is 1. The minimum Gasteiger partial charge on any atom is -0.496 e. The van der Waals surface area contributed by atoms with Crippen molar-refractivity contribution in [2.24, 2.45) is 40.9 Å². The van der Waals surface area contributed by atoms with E-state index in [4.69, 9.17) is 9.47 Å². The largest absolute Gasteiger partial charge is 0.496 e. The quantitative estimate of drug-likeness (QED) is 0.278. The van der Waals surface area contributed by atoms with Crippen LogP contribution in [0.25, 0.3) is 0 Å². The van der Waals surface area contributed by atoms with E-state index < -0.39 is 23.1 Å². The van der Waals surface area contributed by atoms with Gasteiger partial charge in [0.15, 0.2) is 11.6 Å². The highest BCUT2D eigenvalue weighted by Gasteiger charge is 2.52. The number of ether oxygens (including phenoxy) is 2. The van der Waals surface area contributed by atoms with Gasteiger partial charge in [0.1, 0.15) is 5.75 Å². The van der Waals surface area contributed by atoms with Gasteiger partial charge in [-0.15, -0.1) is 0 Å². The zero-order valence-electron chi connectivity index (χ0n) is 26.2. The molecule has 0 unspecified atom stereocenters. The van der Waals surface area contributed by atoms with E-state index in [1.165, 1.54) is 64.2 Å². The number of benzene rings is 1. The summed E-state index contributed by atoms with van der Waals surface area (Å²) >= 11 is 0. The van der Waals surface area contributed by atoms with Crippen LogP contribution in [-0.2, 0) is 9.59 Å². The first-order valence-corrected chi connectivity index (χ1v) is 17.0. The number of aliphatic carboxylic acids is 1. The molecular weight excluding hydrogens is 563 g/mol. The van der Waals surface area contributed by atoms with E-state index in [0.29, 0.717) is 37.5 Å². The molecule has 0 heterocycles. The molecule has 5 saturated carbocycles. The van der Waals surface area contributed by atoms with Crippen LogP contribution >= 0.6 is 0 Å². The third-order valence-corrected chi connectivity index (χ3v) is 11.9. The summed E-state index contributed by atoms with van der Waals surface area (Å²) in [6.45, 7) is 2.47. The summed E-state index contributed by atoms with van der Waals surface area (Å²) in [5.74, 6) is 0.515. The van der Waals surface area contributed by atoms with Gasteiger partial charge in [0, 0.05) is 18.7 Å². The molecule has 2 bridgehead atoms. The second-order valence-electron chi connectivity index (χ2n) is 14.7. The monoisotopic (exact) mass is 612 g/mol. The van der Waals surface area contributed by atoms with Crippen LogP contribution in [0.15, 0.2) is 12.1 Å². The van der Waals surface area contributed by atoms with Gasteiger partial charge in [0.05, 0.1) is 30.1 Å². The molecule has 5 aliphatic rings. The number of halogens is 1. The summed E-state index contributed by atoms with van der Waals surface area (Å²) < 4.78 is 26.5. The molecule has 6 rings (SSSR count). The number of carboxylic acids is 1. The molecule has 0 saturated heterocycles. The second kappa shape index (κ2) is 12.9. The minimum absolute atomic E-state index is 0.0454. The SMILES string of the molecule is COc1cc(F)c(OC2CCC(C)(C(=O)O)CC2)cc1C(=O)N[C@@H]1[C@H]2CC[C@H](C2)[C@@H]1C(=O)NC[C@H](C1CCCCC1)C1CC1. The van der Waals surface area contributed by atoms with Crippen molar-refractivity contribution in [1.29, 1.82) is 0 Å². The summed E-state index contributed by atoms with van der Waals surface area (Å²) in [4.78, 5) is 39.1. The maximum atomic E-state index is 15.1. The Morgan fingerprint density at radius 1 is 0.955 bits per heavy atom. The molecule has 5 fully saturated rings. The Bertz CT molecular complexity index is 1240. The van der Waals surface area contributed by atoms with Gasteiger partial charge in [-0.2, -0.15) is 0 Å². The van der Waals surface area contributed by atoms with Gasteiger partial charge < -0.3 is 25.2 Å². The first-order chi connectivity index (χ1) is 21.2. The fraction of sp³-hybridized carbons (Fsp3) is 0.743. The number of hydrogen-bond donors (Lipinski definition) is 3. The van der Waals surface area contributed by atoms with Crippen LogP contribution < -0.4 is 20.1 Å². The fourth-order valence-corrected chi connectivity index (χ4v) is 8.96. The number of nitrogens with one attached hydrogen (secondary N) is 2. The molecule has 5 aliphatic carbocycles. The number of carbonyl (C=O) groups is 3. The van der Waals surface area contributed by atoms with E-state index in [0.717, 1.165) is 31.7 Å². The molecule has 1 aromatic carbocycles. The average molecular weight is 613 g/mol. The van der Waals surface area contributed by atoms with Crippen LogP contribution in [0.3, 0.4) is 0 Å². The van der Waals surface area contributed by atoms with E-state index in [2.05, 4.69) is 10.6 Å². The van der Waals surface area contributed by atoms with Crippen molar-refractivity contribution in [3.63, 3.8) is 0 Å². The predicted octanol–water partition coefficient (Wildman–Crippen LogP) is 6.11. The second-order valence-corrected chi connectivity index (χ2v) is 14.7. The van der Waals surface area contributed by atoms with E-state index in [9.17, 15) is 19.5 Å². The van der Waals surface area contributed by atoms with Crippen molar-refractivity contribution in [2.45, 2.75) is 109 Å². The molecule has 1 aromatic rings. The van der Waals surface area contributed by atoms with Crippen molar-refractivity contribution < 1.29 is 33.4 Å². The standard InChI is InChI=1S/C35H49FN2O6/c1-35(34(41)42)14-12-24(13-15-35)44-29-17-25(28(43-2)18-27(29)36)32(39)38-31-23-11-10-22(16-23)30(31)33(40)37-19-26(21-8-9-21)20-6-4-3-5-7-20/h17-18,20-24,26,30-31H,3-16,19H2,1-2H3,(H,37,40)(H,38,39)(H,41,42)/t22-,23+,24?,26-,30+,31-,35?/m1/s1. The van der Waals surface area contributed by atoms with Gasteiger partial charge in [0.2, 0.25) is 5.91 Å². The van der Waals surface area contributed by atoms with Gasteiger partial charge in [-0.25, -0.2) is 4.39 Å². The molecule has 2 amide bonds. The third-order valence-electron chi connectivity index (χ3n) is 11.9. The Morgan fingerprint density at radius 3 is 2.30 bits per heavy atom. The van der Waals surface area contributed by atoms with Gasteiger partial charge in [-0.1, -0.05) is 32.1 Å². The van der Waals surface area contributed by atoms with Gasteiger partial charge in [0.25, 0.3) is 5.91 Å². The molecule has 8 nitrogen and oxygen atoms in total. The maximum Gasteiger partial charge on any atom is 0.309 e. The smallest absolute Gasteiger partial charge is 0.309 e. The predicted molar refractivity (Wildman–Crippen MR) is 163 cm³/mol. The number of carboxylic acid groups (broad SMARTS) is 1. The summed E-state index contributed by atoms with van der Waals surface area (Å²) in [7, 11) is 1.40. The Hall–Kier alpha value is -2.84. The Labute approximate surface area is 260 Å². The molecule has 0 aliphatic heterocycles. The van der Waals surface area contributed by atoms with Crippen LogP contribution in [0, 0.1) is 46.7 Å². The highest BCUT2D eigenvalue weighted by atomic mass is 19.1. The lowest BCUT2D eigenvalue weighted by molar-refractivity contribution is -0.150. The van der Waals surface area contributed by atoms with E-state index in [-0.39, 0.29) is 52.9 Å². The average Bonchev–Trinajstić information content (AvgIpc) is 3.65. The molecular formula is C35H49FN2O6. The summed E-state index contributed by atoms with van der Waals surface area (Å²) in [6.07, 6.45) is 13.5. The number of rotatable bonds is 11. The van der Waals surface area contributed by atoms with Crippen molar-refractivity contribution in [3.8, 4) is 11.5 Å². The number of fused-ring (bicyclic) bond motifs is 2. The molecule has 0 radical (unpaired) electrons. The maximum absolute atomic E-state index is 15.1. The lowest BCUT2D eigenvalue weighted by atomic mass is 9.75. The highest BCUT2D eigenvalue weighted by Crippen LogP contribution is 2.49. The van der Waals surface area contributed by atoms with Crippen molar-refractivity contribution >= 4 is 17.8 Å². The normalized spacial score (nSPS) is 32.6. The Kier molecular flexibility index (Phi) is 9.12. The van der Waals surface area contributed by atoms with E-state index in [1.54, 1.807) is 6.92 Å². The summed E-state index contributed by atoms with van der Waals surface area (Å²) in [5, 5.41) is 16.0. The Morgan fingerprint density at radius 2 is 1.64 bits per heavy atom. The lowest BCUT2D eigenvalue weighted by Crippen LogP contribution is -2.50. The lowest BCUT2D eigenvalue weighted by Gasteiger charge is -2.34. The van der Waals surface area contributed by atoms with Crippen LogP contribution in [-0.4, -0.2) is 48.7 Å². The number of amides is 2. The highest BCUT2D eigenvalue weighted by molar-refractivity contribution is 5.98. The van der Waals surface area contributed by atoms with Gasteiger partial charge in [-0.05, 0) is 100 Å². The first-order valence-electron chi connectivity index (χ1n) is 17.0. The fourth-order valence-electron chi connectivity index (χ4n) is 8.96. The first kappa shape index (κ1) is 31.2. The number of hydrogen-bond acceptors (Lipinski definition) is 5. The summed E-state index contributed by atoms with van der Waals surface area (Å²) in [5.41, 5.74) is -0.634. The molecule has 0 aromatic heterocycles. The van der Waals surface area contributed by atoms with Crippen LogP contribution in [0.5, 0.6) is 11.5 Å². The van der Waals surface area contributed by atoms with Gasteiger partial charge in [-0.3, -0.25) is 14.4 Å². The zero-order valence-corrected chi connectivity index (χ0v) is 26.2. The van der Waals surface area contributed by atoms with E-state index >= 15 is 4.39 Å². The molecule has 5 atom stereocenters. The van der Waals surface area contributed by atoms with Crippen molar-refractivity contribution in [3.05, 3.63) is 23.5 Å². The summed E-state index contributed by atoms with van der Waals surface area (Å²) in [6, 6.07) is 2.28.